The van der Waals surface area contributed by atoms with Gasteiger partial charge < -0.3 is 20.7 Å². The molecule has 180 valence electrons. The summed E-state index contributed by atoms with van der Waals surface area (Å²) >= 11 is 0. The standard InChI is InChI=1S/C24H29N7O2.ClH/c1-17-14-19(33-13-12-31-10-8-30(2)9-11-31)5-6-20(17)21-16-27-23(25)22(29-21)24(32)28-18-4-3-7-26-15-18;/h3-7,14-16H,8-13H2,1-2H3,(H2,25,27)(H,28,32);1H. The van der Waals surface area contributed by atoms with Crippen LogP contribution in [0.15, 0.2) is 48.9 Å². The number of rotatable bonds is 7. The maximum Gasteiger partial charge on any atom is 0.278 e. The van der Waals surface area contributed by atoms with E-state index in [1.807, 2.05) is 25.1 Å². The Labute approximate surface area is 205 Å². The number of hydrogen-bond donors (Lipinski definition) is 2. The maximum atomic E-state index is 12.7. The Morgan fingerprint density at radius 3 is 2.68 bits per heavy atom. The molecule has 0 atom stereocenters. The molecule has 1 aromatic carbocycles. The number of pyridine rings is 1. The van der Waals surface area contributed by atoms with Crippen LogP contribution in [0.3, 0.4) is 0 Å². The minimum Gasteiger partial charge on any atom is -0.492 e. The Bertz CT molecular complexity index is 1110. The van der Waals surface area contributed by atoms with Gasteiger partial charge in [0.15, 0.2) is 11.5 Å². The van der Waals surface area contributed by atoms with Crippen LogP contribution in [0.4, 0.5) is 11.5 Å². The van der Waals surface area contributed by atoms with Crippen LogP contribution in [0.5, 0.6) is 5.75 Å². The maximum absolute atomic E-state index is 12.7. The largest absolute Gasteiger partial charge is 0.492 e. The number of nitrogen functional groups attached to an aromatic ring is 1. The summed E-state index contributed by atoms with van der Waals surface area (Å²) in [7, 11) is 2.15. The van der Waals surface area contributed by atoms with Gasteiger partial charge in [-0.1, -0.05) is 0 Å². The highest BCUT2D eigenvalue weighted by Crippen LogP contribution is 2.26. The first-order valence-corrected chi connectivity index (χ1v) is 11.0. The topological polar surface area (TPSA) is 110 Å². The third-order valence-corrected chi connectivity index (χ3v) is 5.68. The van der Waals surface area contributed by atoms with E-state index in [9.17, 15) is 4.79 Å². The van der Waals surface area contributed by atoms with Crippen molar-refractivity contribution in [2.45, 2.75) is 6.92 Å². The Balaban J connectivity index is 0.00000324. The molecule has 0 bridgehead atoms. The number of nitrogens with zero attached hydrogens (tertiary/aromatic N) is 5. The summed E-state index contributed by atoms with van der Waals surface area (Å²) in [5.41, 5.74) is 8.98. The summed E-state index contributed by atoms with van der Waals surface area (Å²) < 4.78 is 5.97. The van der Waals surface area contributed by atoms with Gasteiger partial charge in [-0.15, -0.1) is 12.4 Å². The predicted octanol–water partition coefficient (Wildman–Crippen LogP) is 2.73. The first-order valence-electron chi connectivity index (χ1n) is 11.0. The Morgan fingerprint density at radius 1 is 1.18 bits per heavy atom. The van der Waals surface area contributed by atoms with E-state index in [-0.39, 0.29) is 23.9 Å². The lowest BCUT2D eigenvalue weighted by Crippen LogP contribution is -2.45. The van der Waals surface area contributed by atoms with Crippen LogP contribution >= 0.6 is 12.4 Å². The number of anilines is 2. The van der Waals surface area contributed by atoms with Crippen molar-refractivity contribution < 1.29 is 9.53 Å². The normalized spacial score (nSPS) is 14.3. The number of amides is 1. The fourth-order valence-corrected chi connectivity index (χ4v) is 3.70. The molecule has 34 heavy (non-hydrogen) atoms. The zero-order chi connectivity index (χ0) is 23.2. The second-order valence-corrected chi connectivity index (χ2v) is 8.16. The lowest BCUT2D eigenvalue weighted by Gasteiger charge is -2.32. The molecule has 1 aliphatic heterocycles. The highest BCUT2D eigenvalue weighted by Gasteiger charge is 2.17. The van der Waals surface area contributed by atoms with Crippen LogP contribution in [-0.2, 0) is 0 Å². The van der Waals surface area contributed by atoms with Crippen molar-refractivity contribution in [1.82, 2.24) is 24.8 Å². The van der Waals surface area contributed by atoms with Crippen LogP contribution < -0.4 is 15.8 Å². The molecule has 9 nitrogen and oxygen atoms in total. The van der Waals surface area contributed by atoms with Gasteiger partial charge in [0.1, 0.15) is 12.4 Å². The van der Waals surface area contributed by atoms with Crippen molar-refractivity contribution >= 4 is 29.8 Å². The quantitative estimate of drug-likeness (QED) is 0.528. The molecule has 1 aliphatic rings. The molecule has 3 aromatic rings. The van der Waals surface area contributed by atoms with E-state index in [0.717, 1.165) is 49.6 Å². The van der Waals surface area contributed by atoms with Crippen molar-refractivity contribution in [2.75, 3.05) is 57.4 Å². The van der Waals surface area contributed by atoms with Crippen molar-refractivity contribution in [3.63, 3.8) is 0 Å². The Morgan fingerprint density at radius 2 is 1.97 bits per heavy atom. The molecular weight excluding hydrogens is 454 g/mol. The molecule has 0 unspecified atom stereocenters. The number of carbonyl (C=O) groups excluding carboxylic acids is 1. The van der Waals surface area contributed by atoms with Crippen molar-refractivity contribution in [2.24, 2.45) is 0 Å². The SMILES string of the molecule is Cc1cc(OCCN2CCN(C)CC2)ccc1-c1cnc(N)c(C(=O)Nc2cccnc2)n1.Cl. The average molecular weight is 484 g/mol. The molecule has 4 rings (SSSR count). The molecule has 2 aromatic heterocycles. The van der Waals surface area contributed by atoms with E-state index < -0.39 is 5.91 Å². The minimum atomic E-state index is -0.434. The summed E-state index contributed by atoms with van der Waals surface area (Å²) in [5, 5.41) is 2.74. The van der Waals surface area contributed by atoms with Crippen LogP contribution in [-0.4, -0.2) is 77.0 Å². The van der Waals surface area contributed by atoms with Crippen molar-refractivity contribution in [3.8, 4) is 17.0 Å². The first-order chi connectivity index (χ1) is 16.0. The number of nitrogens with one attached hydrogen (secondary N) is 1. The van der Waals surface area contributed by atoms with Gasteiger partial charge in [-0.2, -0.15) is 0 Å². The fourth-order valence-electron chi connectivity index (χ4n) is 3.70. The summed E-state index contributed by atoms with van der Waals surface area (Å²) in [6, 6.07) is 9.31. The molecule has 10 heteroatoms. The summed E-state index contributed by atoms with van der Waals surface area (Å²) in [5.74, 6) is 0.446. The number of piperazine rings is 1. The van der Waals surface area contributed by atoms with E-state index >= 15 is 0 Å². The monoisotopic (exact) mass is 483 g/mol. The van der Waals surface area contributed by atoms with E-state index in [0.29, 0.717) is 18.0 Å². The van der Waals surface area contributed by atoms with Crippen LogP contribution in [0, 0.1) is 6.92 Å². The second kappa shape index (κ2) is 11.7. The zero-order valence-corrected chi connectivity index (χ0v) is 20.2. The number of benzene rings is 1. The average Bonchev–Trinajstić information content (AvgIpc) is 2.82. The molecule has 1 saturated heterocycles. The van der Waals surface area contributed by atoms with Crippen molar-refractivity contribution in [1.29, 1.82) is 0 Å². The molecule has 0 saturated carbocycles. The highest BCUT2D eigenvalue weighted by atomic mass is 35.5. The fraction of sp³-hybridized carbons (Fsp3) is 0.333. The number of nitrogens with two attached hydrogens (primary N) is 1. The van der Waals surface area contributed by atoms with Gasteiger partial charge in [-0.3, -0.25) is 14.7 Å². The molecular formula is C24H30ClN7O2. The molecule has 3 heterocycles. The van der Waals surface area contributed by atoms with Crippen LogP contribution in [0.1, 0.15) is 16.1 Å². The lowest BCUT2D eigenvalue weighted by molar-refractivity contribution is 0.102. The van der Waals surface area contributed by atoms with E-state index in [4.69, 9.17) is 10.5 Å². The molecule has 0 radical (unpaired) electrons. The number of aryl methyl sites for hydroxylation is 1. The summed E-state index contributed by atoms with van der Waals surface area (Å²) in [4.78, 5) is 30.1. The van der Waals surface area contributed by atoms with Crippen molar-refractivity contribution in [3.05, 3.63) is 60.2 Å². The van der Waals surface area contributed by atoms with E-state index in [2.05, 4.69) is 37.1 Å². The summed E-state index contributed by atoms with van der Waals surface area (Å²) in [6.45, 7) is 7.87. The molecule has 1 amide bonds. The molecule has 3 N–H and O–H groups in total. The number of ether oxygens (including phenoxy) is 1. The van der Waals surface area contributed by atoms with E-state index in [1.165, 1.54) is 0 Å². The number of likely N-dealkylation sites (N-methyl/N-ethyl adjacent to an activating group) is 1. The second-order valence-electron chi connectivity index (χ2n) is 8.16. The number of halogens is 1. The Hall–Kier alpha value is -3.27. The Kier molecular flexibility index (Phi) is 8.75. The molecule has 0 aliphatic carbocycles. The van der Waals surface area contributed by atoms with Gasteiger partial charge in [0.05, 0.1) is 23.8 Å². The number of hydrogen-bond acceptors (Lipinski definition) is 8. The summed E-state index contributed by atoms with van der Waals surface area (Å²) in [6.07, 6.45) is 4.76. The third kappa shape index (κ3) is 6.40. The third-order valence-electron chi connectivity index (χ3n) is 5.68. The van der Waals surface area contributed by atoms with Crippen LogP contribution in [0.2, 0.25) is 0 Å². The van der Waals surface area contributed by atoms with Gasteiger partial charge in [0.25, 0.3) is 5.91 Å². The van der Waals surface area contributed by atoms with Gasteiger partial charge >= 0.3 is 0 Å². The number of carbonyl (C=O) groups is 1. The van der Waals surface area contributed by atoms with Gasteiger partial charge in [-0.05, 0) is 49.9 Å². The molecule has 1 fully saturated rings. The van der Waals surface area contributed by atoms with Crippen LogP contribution in [0.25, 0.3) is 11.3 Å². The van der Waals surface area contributed by atoms with Gasteiger partial charge in [0.2, 0.25) is 0 Å². The lowest BCUT2D eigenvalue weighted by atomic mass is 10.1. The minimum absolute atomic E-state index is 0. The molecule has 0 spiro atoms. The number of aromatic nitrogens is 3. The predicted molar refractivity (Wildman–Crippen MR) is 135 cm³/mol. The van der Waals surface area contributed by atoms with E-state index in [1.54, 1.807) is 30.7 Å². The zero-order valence-electron chi connectivity index (χ0n) is 19.4. The smallest absolute Gasteiger partial charge is 0.278 e. The highest BCUT2D eigenvalue weighted by molar-refractivity contribution is 6.05. The van der Waals surface area contributed by atoms with Gasteiger partial charge in [0, 0.05) is 44.5 Å². The van der Waals surface area contributed by atoms with Gasteiger partial charge in [-0.25, -0.2) is 9.97 Å². The first kappa shape index (κ1) is 25.4.